The molecule has 1 unspecified atom stereocenters. The molecule has 102 valence electrons. The van der Waals surface area contributed by atoms with Crippen LogP contribution in [-0.2, 0) is 0 Å². The topological polar surface area (TPSA) is 35.8 Å². The molecule has 19 heavy (non-hydrogen) atoms. The highest BCUT2D eigenvalue weighted by molar-refractivity contribution is 9.10. The molecule has 1 aliphatic carbocycles. The van der Waals surface area contributed by atoms with Crippen molar-refractivity contribution in [1.29, 1.82) is 5.26 Å². The van der Waals surface area contributed by atoms with E-state index in [0.29, 0.717) is 6.04 Å². The molecule has 0 aliphatic heterocycles. The van der Waals surface area contributed by atoms with Crippen LogP contribution in [0.1, 0.15) is 55.7 Å². The first kappa shape index (κ1) is 14.6. The lowest BCUT2D eigenvalue weighted by molar-refractivity contribution is 0.436. The van der Waals surface area contributed by atoms with Gasteiger partial charge in [0.25, 0.3) is 0 Å². The fourth-order valence-corrected chi connectivity index (χ4v) is 3.47. The monoisotopic (exact) mass is 320 g/mol. The summed E-state index contributed by atoms with van der Waals surface area (Å²) in [6, 6.07) is 8.88. The Morgan fingerprint density at radius 3 is 2.53 bits per heavy atom. The Bertz CT molecular complexity index is 456. The van der Waals surface area contributed by atoms with E-state index in [9.17, 15) is 5.26 Å². The molecule has 1 atom stereocenters. The fourth-order valence-electron chi connectivity index (χ4n) is 2.74. The first-order chi connectivity index (χ1) is 9.20. The lowest BCUT2D eigenvalue weighted by atomic mass is 10.0. The molecule has 1 aliphatic rings. The van der Waals surface area contributed by atoms with Gasteiger partial charge in [-0.15, -0.1) is 0 Å². The van der Waals surface area contributed by atoms with Gasteiger partial charge in [0.15, 0.2) is 0 Å². The molecule has 0 bridgehead atoms. The van der Waals surface area contributed by atoms with Crippen molar-refractivity contribution in [3.63, 3.8) is 0 Å². The van der Waals surface area contributed by atoms with Crippen LogP contribution in [0.15, 0.2) is 22.7 Å². The van der Waals surface area contributed by atoms with E-state index in [1.54, 1.807) is 0 Å². The van der Waals surface area contributed by atoms with E-state index in [1.807, 2.05) is 0 Å². The van der Waals surface area contributed by atoms with E-state index in [-0.39, 0.29) is 6.04 Å². The number of nitrogens with zero attached hydrogens (tertiary/aromatic N) is 1. The predicted octanol–water partition coefficient (Wildman–Crippen LogP) is 4.63. The number of hydrogen-bond acceptors (Lipinski definition) is 2. The Morgan fingerprint density at radius 1 is 1.26 bits per heavy atom. The van der Waals surface area contributed by atoms with Gasteiger partial charge in [-0.2, -0.15) is 5.26 Å². The number of aryl methyl sites for hydroxylation is 1. The SMILES string of the molecule is Cc1ccc(C(C#N)NC2CCCCCC2)c(Br)c1. The van der Waals surface area contributed by atoms with Crippen molar-refractivity contribution in [1.82, 2.24) is 5.32 Å². The summed E-state index contributed by atoms with van der Waals surface area (Å²) in [4.78, 5) is 0. The second kappa shape index (κ2) is 7.07. The number of rotatable bonds is 3. The van der Waals surface area contributed by atoms with Gasteiger partial charge in [0.05, 0.1) is 6.07 Å². The molecule has 1 aromatic carbocycles. The first-order valence-corrected chi connectivity index (χ1v) is 7.91. The summed E-state index contributed by atoms with van der Waals surface area (Å²) in [5.41, 5.74) is 2.26. The van der Waals surface area contributed by atoms with E-state index >= 15 is 0 Å². The Morgan fingerprint density at radius 2 is 1.95 bits per heavy atom. The molecule has 2 rings (SSSR count). The van der Waals surface area contributed by atoms with Gasteiger partial charge in [-0.05, 0) is 37.0 Å². The third kappa shape index (κ3) is 4.06. The van der Waals surface area contributed by atoms with Crippen molar-refractivity contribution in [3.05, 3.63) is 33.8 Å². The van der Waals surface area contributed by atoms with Crippen molar-refractivity contribution >= 4 is 15.9 Å². The third-order valence-electron chi connectivity index (χ3n) is 3.85. The molecule has 1 aromatic rings. The van der Waals surface area contributed by atoms with E-state index in [1.165, 1.54) is 44.1 Å². The highest BCUT2D eigenvalue weighted by atomic mass is 79.9. The lowest BCUT2D eigenvalue weighted by Gasteiger charge is -2.21. The zero-order valence-corrected chi connectivity index (χ0v) is 13.0. The zero-order chi connectivity index (χ0) is 13.7. The van der Waals surface area contributed by atoms with Crippen molar-refractivity contribution in [2.24, 2.45) is 0 Å². The Kier molecular flexibility index (Phi) is 5.42. The Balaban J connectivity index is 2.09. The van der Waals surface area contributed by atoms with E-state index in [4.69, 9.17) is 0 Å². The lowest BCUT2D eigenvalue weighted by Crippen LogP contribution is -2.32. The molecule has 0 radical (unpaired) electrons. The Labute approximate surface area is 124 Å². The van der Waals surface area contributed by atoms with Crippen LogP contribution in [0.2, 0.25) is 0 Å². The summed E-state index contributed by atoms with van der Waals surface area (Å²) in [7, 11) is 0. The zero-order valence-electron chi connectivity index (χ0n) is 11.5. The predicted molar refractivity (Wildman–Crippen MR) is 81.9 cm³/mol. The minimum Gasteiger partial charge on any atom is -0.295 e. The van der Waals surface area contributed by atoms with Gasteiger partial charge in [0, 0.05) is 10.5 Å². The average molecular weight is 321 g/mol. The summed E-state index contributed by atoms with van der Waals surface area (Å²) in [5.74, 6) is 0. The minimum absolute atomic E-state index is 0.210. The molecule has 0 saturated heterocycles. The van der Waals surface area contributed by atoms with Crippen LogP contribution in [0.5, 0.6) is 0 Å². The summed E-state index contributed by atoms with van der Waals surface area (Å²) < 4.78 is 1.03. The molecular weight excluding hydrogens is 300 g/mol. The summed E-state index contributed by atoms with van der Waals surface area (Å²) in [5, 5.41) is 13.0. The summed E-state index contributed by atoms with van der Waals surface area (Å²) in [6.45, 7) is 2.06. The fraction of sp³-hybridized carbons (Fsp3) is 0.562. The second-order valence-electron chi connectivity index (χ2n) is 5.44. The number of nitrogens with one attached hydrogen (secondary N) is 1. The number of halogens is 1. The summed E-state index contributed by atoms with van der Waals surface area (Å²) in [6.07, 6.45) is 7.63. The maximum absolute atomic E-state index is 9.44. The number of nitriles is 1. The molecule has 1 N–H and O–H groups in total. The van der Waals surface area contributed by atoms with Crippen LogP contribution >= 0.6 is 15.9 Å². The van der Waals surface area contributed by atoms with E-state index < -0.39 is 0 Å². The third-order valence-corrected chi connectivity index (χ3v) is 4.54. The van der Waals surface area contributed by atoms with Crippen molar-refractivity contribution in [2.45, 2.75) is 57.5 Å². The molecule has 1 saturated carbocycles. The highest BCUT2D eigenvalue weighted by Gasteiger charge is 2.19. The van der Waals surface area contributed by atoms with Gasteiger partial charge in [-0.1, -0.05) is 53.7 Å². The summed E-state index contributed by atoms with van der Waals surface area (Å²) >= 11 is 3.58. The van der Waals surface area contributed by atoms with Crippen LogP contribution in [0, 0.1) is 18.3 Å². The molecule has 0 spiro atoms. The van der Waals surface area contributed by atoms with Gasteiger partial charge in [0.2, 0.25) is 0 Å². The van der Waals surface area contributed by atoms with Crippen molar-refractivity contribution < 1.29 is 0 Å². The molecule has 0 heterocycles. The highest BCUT2D eigenvalue weighted by Crippen LogP contribution is 2.26. The van der Waals surface area contributed by atoms with Gasteiger partial charge >= 0.3 is 0 Å². The minimum atomic E-state index is -0.210. The van der Waals surface area contributed by atoms with Crippen LogP contribution < -0.4 is 5.32 Å². The quantitative estimate of drug-likeness (QED) is 0.824. The smallest absolute Gasteiger partial charge is 0.122 e. The molecule has 0 amide bonds. The normalized spacial score (nSPS) is 18.6. The van der Waals surface area contributed by atoms with Crippen LogP contribution in [0.4, 0.5) is 0 Å². The Hall–Kier alpha value is -0.850. The molecular formula is C16H21BrN2. The number of benzene rings is 1. The average Bonchev–Trinajstić information content (AvgIpc) is 2.65. The van der Waals surface area contributed by atoms with Gasteiger partial charge in [-0.3, -0.25) is 5.32 Å². The van der Waals surface area contributed by atoms with Gasteiger partial charge in [0.1, 0.15) is 6.04 Å². The maximum atomic E-state index is 9.44. The molecule has 3 heteroatoms. The standard InChI is InChI=1S/C16H21BrN2/c1-12-8-9-14(15(17)10-12)16(11-18)19-13-6-4-2-3-5-7-13/h8-10,13,16,19H,2-7H2,1H3. The van der Waals surface area contributed by atoms with Crippen LogP contribution in [-0.4, -0.2) is 6.04 Å². The molecule has 1 fully saturated rings. The van der Waals surface area contributed by atoms with E-state index in [2.05, 4.69) is 52.4 Å². The van der Waals surface area contributed by atoms with Crippen molar-refractivity contribution in [3.8, 4) is 6.07 Å². The largest absolute Gasteiger partial charge is 0.295 e. The first-order valence-electron chi connectivity index (χ1n) is 7.12. The number of hydrogen-bond donors (Lipinski definition) is 1. The maximum Gasteiger partial charge on any atom is 0.122 e. The van der Waals surface area contributed by atoms with Gasteiger partial charge < -0.3 is 0 Å². The van der Waals surface area contributed by atoms with Gasteiger partial charge in [-0.25, -0.2) is 0 Å². The molecule has 0 aromatic heterocycles. The van der Waals surface area contributed by atoms with Crippen molar-refractivity contribution in [2.75, 3.05) is 0 Å². The molecule has 2 nitrogen and oxygen atoms in total. The van der Waals surface area contributed by atoms with Crippen LogP contribution in [0.3, 0.4) is 0 Å². The van der Waals surface area contributed by atoms with E-state index in [0.717, 1.165) is 10.0 Å². The van der Waals surface area contributed by atoms with Crippen LogP contribution in [0.25, 0.3) is 0 Å². The second-order valence-corrected chi connectivity index (χ2v) is 6.30.